The van der Waals surface area contributed by atoms with Crippen molar-refractivity contribution in [3.8, 4) is 5.75 Å². The first-order valence-electron chi connectivity index (χ1n) is 9.08. The Morgan fingerprint density at radius 2 is 1.93 bits per heavy atom. The molecule has 0 spiro atoms. The van der Waals surface area contributed by atoms with Gasteiger partial charge in [-0.3, -0.25) is 0 Å². The quantitative estimate of drug-likeness (QED) is 0.592. The summed E-state index contributed by atoms with van der Waals surface area (Å²) in [6.45, 7) is 0.700. The fourth-order valence-corrected chi connectivity index (χ4v) is 2.92. The Morgan fingerprint density at radius 3 is 2.57 bits per heavy atom. The standard InChI is InChI=1S/C21H23ClN4O2/c1-23-21(27)25-18-7-10-19(11-8-18)28-20(14-26-13-12-24-15-26)9-4-16-2-5-17(22)6-3-16/h2-3,5-8,10-13,15,20H,4,9,14H2,1H3,(H2,23,25,27). The van der Waals surface area contributed by atoms with Crippen LogP contribution >= 0.6 is 11.6 Å². The van der Waals surface area contributed by atoms with E-state index < -0.39 is 0 Å². The number of nitrogens with zero attached hydrogens (tertiary/aromatic N) is 2. The molecule has 0 saturated heterocycles. The fraction of sp³-hybridized carbons (Fsp3) is 0.238. The summed E-state index contributed by atoms with van der Waals surface area (Å²) in [4.78, 5) is 15.5. The molecule has 0 saturated carbocycles. The molecule has 0 bridgehead atoms. The molecule has 0 fully saturated rings. The van der Waals surface area contributed by atoms with Gasteiger partial charge in [0, 0.05) is 30.2 Å². The van der Waals surface area contributed by atoms with Gasteiger partial charge in [-0.1, -0.05) is 23.7 Å². The predicted molar refractivity (Wildman–Crippen MR) is 111 cm³/mol. The third-order valence-electron chi connectivity index (χ3n) is 4.28. The largest absolute Gasteiger partial charge is 0.489 e. The van der Waals surface area contributed by atoms with Gasteiger partial charge >= 0.3 is 6.03 Å². The fourth-order valence-electron chi connectivity index (χ4n) is 2.80. The highest BCUT2D eigenvalue weighted by molar-refractivity contribution is 6.30. The van der Waals surface area contributed by atoms with Gasteiger partial charge < -0.3 is 19.9 Å². The number of halogens is 1. The molecule has 3 aromatic rings. The van der Waals surface area contributed by atoms with Gasteiger partial charge in [-0.05, 0) is 54.8 Å². The van der Waals surface area contributed by atoms with Gasteiger partial charge in [-0.25, -0.2) is 9.78 Å². The summed E-state index contributed by atoms with van der Waals surface area (Å²) in [6.07, 6.45) is 7.17. The lowest BCUT2D eigenvalue weighted by molar-refractivity contribution is 0.170. The molecular weight excluding hydrogens is 376 g/mol. The highest BCUT2D eigenvalue weighted by atomic mass is 35.5. The van der Waals surface area contributed by atoms with Crippen LogP contribution in [0.3, 0.4) is 0 Å². The number of ether oxygens (including phenoxy) is 1. The Hall–Kier alpha value is -2.99. The molecule has 2 amide bonds. The van der Waals surface area contributed by atoms with Crippen LogP contribution in [0, 0.1) is 0 Å². The minimum Gasteiger partial charge on any atom is -0.489 e. The maximum Gasteiger partial charge on any atom is 0.318 e. The van der Waals surface area contributed by atoms with Crippen molar-refractivity contribution in [3.05, 3.63) is 77.8 Å². The number of aromatic nitrogens is 2. The number of aryl methyl sites for hydroxylation is 1. The van der Waals surface area contributed by atoms with E-state index in [4.69, 9.17) is 16.3 Å². The molecule has 0 aliphatic heterocycles. The van der Waals surface area contributed by atoms with Crippen molar-refractivity contribution in [1.82, 2.24) is 14.9 Å². The molecule has 0 aliphatic rings. The molecule has 28 heavy (non-hydrogen) atoms. The van der Waals surface area contributed by atoms with Crippen molar-refractivity contribution in [2.45, 2.75) is 25.5 Å². The van der Waals surface area contributed by atoms with Crippen molar-refractivity contribution in [2.75, 3.05) is 12.4 Å². The molecule has 1 atom stereocenters. The lowest BCUT2D eigenvalue weighted by Crippen LogP contribution is -2.24. The second-order valence-corrected chi connectivity index (χ2v) is 6.83. The molecule has 2 aromatic carbocycles. The Bertz CT molecular complexity index is 864. The second-order valence-electron chi connectivity index (χ2n) is 6.39. The van der Waals surface area contributed by atoms with Crippen LogP contribution in [0.25, 0.3) is 0 Å². The first-order chi connectivity index (χ1) is 13.6. The number of benzene rings is 2. The van der Waals surface area contributed by atoms with E-state index in [2.05, 4.69) is 15.6 Å². The number of imidazole rings is 1. The summed E-state index contributed by atoms with van der Waals surface area (Å²) in [7, 11) is 1.58. The van der Waals surface area contributed by atoms with Crippen molar-refractivity contribution in [2.24, 2.45) is 0 Å². The van der Waals surface area contributed by atoms with Crippen molar-refractivity contribution in [1.29, 1.82) is 0 Å². The van der Waals surface area contributed by atoms with Crippen LogP contribution in [0.5, 0.6) is 5.75 Å². The van der Waals surface area contributed by atoms with Crippen LogP contribution in [0.15, 0.2) is 67.3 Å². The average molecular weight is 399 g/mol. The molecule has 2 N–H and O–H groups in total. The first kappa shape index (κ1) is 19.8. The maximum absolute atomic E-state index is 11.4. The average Bonchev–Trinajstić information content (AvgIpc) is 3.22. The molecule has 1 aromatic heterocycles. The zero-order chi connectivity index (χ0) is 19.8. The number of anilines is 1. The van der Waals surface area contributed by atoms with Gasteiger partial charge in [0.1, 0.15) is 11.9 Å². The van der Waals surface area contributed by atoms with E-state index in [-0.39, 0.29) is 12.1 Å². The van der Waals surface area contributed by atoms with Gasteiger partial charge in [0.15, 0.2) is 0 Å². The third kappa shape index (κ3) is 6.03. The minimum absolute atomic E-state index is 0.0253. The molecule has 1 unspecified atom stereocenters. The number of nitrogens with one attached hydrogen (secondary N) is 2. The predicted octanol–water partition coefficient (Wildman–Crippen LogP) is 4.37. The maximum atomic E-state index is 11.4. The second kappa shape index (κ2) is 9.80. The number of amides is 2. The normalized spacial score (nSPS) is 11.6. The zero-order valence-electron chi connectivity index (χ0n) is 15.6. The molecule has 0 aliphatic carbocycles. The molecule has 7 heteroatoms. The van der Waals surface area contributed by atoms with Crippen molar-refractivity contribution in [3.63, 3.8) is 0 Å². The zero-order valence-corrected chi connectivity index (χ0v) is 16.4. The Balaban J connectivity index is 1.64. The summed E-state index contributed by atoms with van der Waals surface area (Å²) in [5.74, 6) is 0.753. The number of carbonyl (C=O) groups excluding carboxylic acids is 1. The lowest BCUT2D eigenvalue weighted by atomic mass is 10.1. The molecule has 0 radical (unpaired) electrons. The van der Waals surface area contributed by atoms with Crippen LogP contribution < -0.4 is 15.4 Å². The van der Waals surface area contributed by atoms with Crippen molar-refractivity contribution >= 4 is 23.3 Å². The van der Waals surface area contributed by atoms with Gasteiger partial charge in [0.2, 0.25) is 0 Å². The van der Waals surface area contributed by atoms with E-state index in [1.807, 2.05) is 59.3 Å². The summed E-state index contributed by atoms with van der Waals surface area (Å²) >= 11 is 5.96. The molecular formula is C21H23ClN4O2. The molecule has 146 valence electrons. The van der Waals surface area contributed by atoms with Crippen LogP contribution in [-0.4, -0.2) is 28.7 Å². The van der Waals surface area contributed by atoms with Crippen LogP contribution in [0.1, 0.15) is 12.0 Å². The monoisotopic (exact) mass is 398 g/mol. The SMILES string of the molecule is CNC(=O)Nc1ccc(OC(CCc2ccc(Cl)cc2)Cn2ccnc2)cc1. The van der Waals surface area contributed by atoms with Crippen LogP contribution in [0.2, 0.25) is 5.02 Å². The summed E-state index contributed by atoms with van der Waals surface area (Å²) in [6, 6.07) is 15.0. The number of hydrogen-bond acceptors (Lipinski definition) is 3. The summed E-state index contributed by atoms with van der Waals surface area (Å²) in [5.41, 5.74) is 1.92. The van der Waals surface area contributed by atoms with E-state index in [9.17, 15) is 4.79 Å². The Morgan fingerprint density at radius 1 is 1.18 bits per heavy atom. The first-order valence-corrected chi connectivity index (χ1v) is 9.46. The number of carbonyl (C=O) groups is 1. The highest BCUT2D eigenvalue weighted by Crippen LogP contribution is 2.20. The Kier molecular flexibility index (Phi) is 6.92. The van der Waals surface area contributed by atoms with Crippen LogP contribution in [0.4, 0.5) is 10.5 Å². The smallest absolute Gasteiger partial charge is 0.318 e. The van der Waals surface area contributed by atoms with Gasteiger partial charge in [-0.15, -0.1) is 0 Å². The minimum atomic E-state index is -0.255. The number of urea groups is 1. The van der Waals surface area contributed by atoms with Gasteiger partial charge in [0.05, 0.1) is 12.9 Å². The number of hydrogen-bond donors (Lipinski definition) is 2. The van der Waals surface area contributed by atoms with E-state index >= 15 is 0 Å². The van der Waals surface area contributed by atoms with Gasteiger partial charge in [0.25, 0.3) is 0 Å². The third-order valence-corrected chi connectivity index (χ3v) is 4.54. The Labute approximate surface area is 169 Å². The van der Waals surface area contributed by atoms with E-state index in [1.165, 1.54) is 5.56 Å². The molecule has 6 nitrogen and oxygen atoms in total. The van der Waals surface area contributed by atoms with Crippen molar-refractivity contribution < 1.29 is 9.53 Å². The lowest BCUT2D eigenvalue weighted by Gasteiger charge is -2.20. The summed E-state index contributed by atoms with van der Waals surface area (Å²) < 4.78 is 8.22. The van der Waals surface area contributed by atoms with E-state index in [0.29, 0.717) is 12.2 Å². The highest BCUT2D eigenvalue weighted by Gasteiger charge is 2.12. The van der Waals surface area contributed by atoms with Crippen LogP contribution in [-0.2, 0) is 13.0 Å². The topological polar surface area (TPSA) is 68.2 Å². The summed E-state index contributed by atoms with van der Waals surface area (Å²) in [5, 5.41) is 5.99. The van der Waals surface area contributed by atoms with E-state index in [0.717, 1.165) is 23.6 Å². The van der Waals surface area contributed by atoms with Gasteiger partial charge in [-0.2, -0.15) is 0 Å². The molecule has 1 heterocycles. The number of rotatable bonds is 8. The van der Waals surface area contributed by atoms with E-state index in [1.54, 1.807) is 19.6 Å². The molecule has 3 rings (SSSR count).